The van der Waals surface area contributed by atoms with Crippen LogP contribution >= 0.6 is 0 Å². The lowest BCUT2D eigenvalue weighted by Gasteiger charge is -2.06. The van der Waals surface area contributed by atoms with Crippen LogP contribution in [0.1, 0.15) is 0 Å². The summed E-state index contributed by atoms with van der Waals surface area (Å²) >= 11 is 0. The lowest BCUT2D eigenvalue weighted by Crippen LogP contribution is -2.17. The minimum absolute atomic E-state index is 0.175. The predicted molar refractivity (Wildman–Crippen MR) is 71.8 cm³/mol. The molecule has 0 atom stereocenters. The van der Waals surface area contributed by atoms with Crippen LogP contribution in [0.3, 0.4) is 0 Å². The number of rotatable bonds is 1. The maximum absolute atomic E-state index is 12.4. The average molecular weight is 257 g/mol. The molecule has 96 valence electrons. The first-order chi connectivity index (χ1) is 9.11. The number of hydrogen-bond donors (Lipinski definition) is 0. The molecule has 0 bridgehead atoms. The molecule has 0 aliphatic heterocycles. The molecule has 5 nitrogen and oxygen atoms in total. The highest BCUT2D eigenvalue weighted by Crippen LogP contribution is 2.21. The third kappa shape index (κ3) is 1.62. The van der Waals surface area contributed by atoms with Gasteiger partial charge in [0.1, 0.15) is 11.3 Å². The Bertz CT molecular complexity index is 905. The number of pyridine rings is 1. The molecule has 2 aromatic heterocycles. The normalized spacial score (nSPS) is 11.1. The van der Waals surface area contributed by atoms with Crippen molar-refractivity contribution in [2.75, 3.05) is 7.11 Å². The van der Waals surface area contributed by atoms with Gasteiger partial charge in [0.05, 0.1) is 17.9 Å². The van der Waals surface area contributed by atoms with Gasteiger partial charge in [0.25, 0.3) is 5.56 Å². The molecule has 0 aliphatic carbocycles. The Kier molecular flexibility index (Phi) is 2.41. The summed E-state index contributed by atoms with van der Waals surface area (Å²) in [4.78, 5) is 24.0. The number of aromatic nitrogens is 1. The first-order valence-electron chi connectivity index (χ1n) is 5.72. The number of methoxy groups -OCH3 is 1. The minimum Gasteiger partial charge on any atom is -0.497 e. The molecule has 3 aromatic rings. The van der Waals surface area contributed by atoms with E-state index in [1.165, 1.54) is 23.8 Å². The first-order valence-corrected chi connectivity index (χ1v) is 5.72. The van der Waals surface area contributed by atoms with Gasteiger partial charge in [-0.2, -0.15) is 0 Å². The minimum atomic E-state index is -0.219. The van der Waals surface area contributed by atoms with Crippen LogP contribution in [0.15, 0.2) is 44.3 Å². The molecule has 3 rings (SSSR count). The molecule has 5 heteroatoms. The summed E-state index contributed by atoms with van der Waals surface area (Å²) in [5.74, 6) is 0.587. The average Bonchev–Trinajstić information content (AvgIpc) is 2.43. The summed E-state index contributed by atoms with van der Waals surface area (Å²) in [7, 11) is 3.11. The monoisotopic (exact) mass is 257 g/mol. The molecule has 0 radical (unpaired) electrons. The van der Waals surface area contributed by atoms with Crippen LogP contribution < -0.4 is 15.7 Å². The molecule has 0 saturated heterocycles. The van der Waals surface area contributed by atoms with Gasteiger partial charge < -0.3 is 9.15 Å². The van der Waals surface area contributed by atoms with Crippen molar-refractivity contribution in [3.63, 3.8) is 0 Å². The smallest absolute Gasteiger partial charge is 0.253 e. The van der Waals surface area contributed by atoms with Crippen molar-refractivity contribution in [1.29, 1.82) is 0 Å². The quantitative estimate of drug-likeness (QED) is 0.622. The van der Waals surface area contributed by atoms with Crippen LogP contribution in [0.2, 0.25) is 0 Å². The van der Waals surface area contributed by atoms with E-state index in [4.69, 9.17) is 9.15 Å². The summed E-state index contributed by atoms with van der Waals surface area (Å²) < 4.78 is 12.1. The zero-order valence-corrected chi connectivity index (χ0v) is 10.5. The maximum atomic E-state index is 12.4. The molecule has 2 heterocycles. The van der Waals surface area contributed by atoms with Crippen LogP contribution in [0.5, 0.6) is 5.75 Å². The van der Waals surface area contributed by atoms with Crippen LogP contribution in [-0.4, -0.2) is 11.7 Å². The number of fused-ring (bicyclic) bond motifs is 2. The number of hydrogen-bond acceptors (Lipinski definition) is 4. The number of benzene rings is 1. The molecule has 0 amide bonds. The van der Waals surface area contributed by atoms with E-state index in [1.54, 1.807) is 25.2 Å². The molecule has 1 aromatic carbocycles. The van der Waals surface area contributed by atoms with Gasteiger partial charge in [-0.15, -0.1) is 0 Å². The van der Waals surface area contributed by atoms with Gasteiger partial charge in [-0.1, -0.05) is 0 Å². The van der Waals surface area contributed by atoms with Crippen molar-refractivity contribution in [3.05, 3.63) is 50.9 Å². The summed E-state index contributed by atoms with van der Waals surface area (Å²) in [5.41, 5.74) is 0.309. The standard InChI is InChI=1S/C14H11NO4/c1-15-12(16)6-4-9-13(17)10-7-8(18-2)3-5-11(10)19-14(9)15/h3-7H,1-2H3. The SMILES string of the molecule is COc1ccc2oc3c(ccc(=O)n3C)c(=O)c2c1. The highest BCUT2D eigenvalue weighted by molar-refractivity contribution is 5.88. The van der Waals surface area contributed by atoms with Crippen molar-refractivity contribution >= 4 is 22.1 Å². The van der Waals surface area contributed by atoms with E-state index in [0.29, 0.717) is 22.1 Å². The Morgan fingerprint density at radius 1 is 1.11 bits per heavy atom. The molecule has 0 fully saturated rings. The number of nitrogens with zero attached hydrogens (tertiary/aromatic N) is 1. The highest BCUT2D eigenvalue weighted by atomic mass is 16.5. The van der Waals surface area contributed by atoms with Crippen molar-refractivity contribution in [2.45, 2.75) is 0 Å². The second kappa shape index (κ2) is 3.98. The molecule has 19 heavy (non-hydrogen) atoms. The fraction of sp³-hybridized carbons (Fsp3) is 0.143. The van der Waals surface area contributed by atoms with Gasteiger partial charge in [0.15, 0.2) is 0 Å². The third-order valence-corrected chi connectivity index (χ3v) is 3.14. The van der Waals surface area contributed by atoms with Crippen molar-refractivity contribution < 1.29 is 9.15 Å². The van der Waals surface area contributed by atoms with Gasteiger partial charge in [0, 0.05) is 13.1 Å². The fourth-order valence-corrected chi connectivity index (χ4v) is 2.07. The van der Waals surface area contributed by atoms with Crippen molar-refractivity contribution in [1.82, 2.24) is 4.57 Å². The summed E-state index contributed by atoms with van der Waals surface area (Å²) in [5, 5.41) is 0.813. The van der Waals surface area contributed by atoms with Gasteiger partial charge in [-0.05, 0) is 24.3 Å². The molecule has 0 spiro atoms. The van der Waals surface area contributed by atoms with E-state index >= 15 is 0 Å². The third-order valence-electron chi connectivity index (χ3n) is 3.14. The highest BCUT2D eigenvalue weighted by Gasteiger charge is 2.11. The summed E-state index contributed by atoms with van der Waals surface area (Å²) in [6.45, 7) is 0. The van der Waals surface area contributed by atoms with E-state index in [1.807, 2.05) is 0 Å². The van der Waals surface area contributed by atoms with Crippen LogP contribution in [0.25, 0.3) is 22.1 Å². The first kappa shape index (κ1) is 11.5. The molecular formula is C14H11NO4. The fourth-order valence-electron chi connectivity index (χ4n) is 2.07. The molecular weight excluding hydrogens is 246 g/mol. The molecule has 0 unspecified atom stereocenters. The number of aryl methyl sites for hydroxylation is 1. The zero-order chi connectivity index (χ0) is 13.6. The van der Waals surface area contributed by atoms with E-state index in [0.717, 1.165) is 0 Å². The predicted octanol–water partition coefficient (Wildman–Crippen LogP) is 1.65. The Balaban J connectivity index is 2.56. The lowest BCUT2D eigenvalue weighted by molar-refractivity contribution is 0.415. The van der Waals surface area contributed by atoms with E-state index in [9.17, 15) is 9.59 Å². The van der Waals surface area contributed by atoms with E-state index in [2.05, 4.69) is 0 Å². The Hall–Kier alpha value is -2.56. The lowest BCUT2D eigenvalue weighted by atomic mass is 10.2. The van der Waals surface area contributed by atoms with Crippen LogP contribution in [0, 0.1) is 0 Å². The molecule has 0 N–H and O–H groups in total. The maximum Gasteiger partial charge on any atom is 0.253 e. The van der Waals surface area contributed by atoms with Crippen molar-refractivity contribution in [3.8, 4) is 5.75 Å². The van der Waals surface area contributed by atoms with Gasteiger partial charge >= 0.3 is 0 Å². The van der Waals surface area contributed by atoms with Crippen LogP contribution in [0.4, 0.5) is 0 Å². The van der Waals surface area contributed by atoms with Gasteiger partial charge in [0.2, 0.25) is 11.1 Å². The summed E-state index contributed by atoms with van der Waals surface area (Å²) in [6, 6.07) is 7.84. The topological polar surface area (TPSA) is 61.4 Å². The largest absolute Gasteiger partial charge is 0.497 e. The Labute approximate surface area is 107 Å². The molecule has 0 aliphatic rings. The van der Waals surface area contributed by atoms with Gasteiger partial charge in [-0.3, -0.25) is 14.2 Å². The summed E-state index contributed by atoms with van der Waals surface area (Å²) in [6.07, 6.45) is 0. The Morgan fingerprint density at radius 3 is 2.63 bits per heavy atom. The number of ether oxygens (including phenoxy) is 1. The molecule has 0 saturated carbocycles. The second-order valence-corrected chi connectivity index (χ2v) is 4.24. The Morgan fingerprint density at radius 2 is 1.89 bits per heavy atom. The van der Waals surface area contributed by atoms with E-state index < -0.39 is 0 Å². The van der Waals surface area contributed by atoms with Crippen LogP contribution in [-0.2, 0) is 7.05 Å². The van der Waals surface area contributed by atoms with Gasteiger partial charge in [-0.25, -0.2) is 0 Å². The van der Waals surface area contributed by atoms with Crippen molar-refractivity contribution in [2.24, 2.45) is 7.05 Å². The zero-order valence-electron chi connectivity index (χ0n) is 10.5. The second-order valence-electron chi connectivity index (χ2n) is 4.24. The van der Waals surface area contributed by atoms with E-state index in [-0.39, 0.29) is 16.7 Å².